The SMILES string of the molecule is CN(c1ccc(OCC(=O)N2CCCC(C(=O)NC3CC3)C2)cc1)S(=O)(=O)c1cccs1. The number of hydrogen-bond donors (Lipinski definition) is 1. The van der Waals surface area contributed by atoms with Gasteiger partial charge in [-0.15, -0.1) is 11.3 Å². The Morgan fingerprint density at radius 2 is 1.94 bits per heavy atom. The molecule has 1 atom stereocenters. The summed E-state index contributed by atoms with van der Waals surface area (Å²) < 4.78 is 32.4. The number of likely N-dealkylation sites (tertiary alicyclic amines) is 1. The average molecular weight is 478 g/mol. The van der Waals surface area contributed by atoms with Gasteiger partial charge >= 0.3 is 0 Å². The molecule has 1 unspecified atom stereocenters. The Kier molecular flexibility index (Phi) is 6.71. The Balaban J connectivity index is 1.30. The Labute approximate surface area is 192 Å². The molecule has 10 heteroatoms. The Bertz CT molecular complexity index is 1050. The molecule has 172 valence electrons. The topological polar surface area (TPSA) is 96.0 Å². The Morgan fingerprint density at radius 3 is 2.59 bits per heavy atom. The number of carbonyl (C=O) groups excluding carboxylic acids is 2. The number of sulfonamides is 1. The van der Waals surface area contributed by atoms with Gasteiger partial charge in [-0.3, -0.25) is 13.9 Å². The number of piperidine rings is 1. The predicted octanol–water partition coefficient (Wildman–Crippen LogP) is 2.47. The molecule has 2 fully saturated rings. The molecule has 1 saturated heterocycles. The molecule has 1 aromatic carbocycles. The van der Waals surface area contributed by atoms with E-state index in [-0.39, 0.29) is 28.5 Å². The molecule has 1 aliphatic heterocycles. The second-order valence-electron chi connectivity index (χ2n) is 8.15. The van der Waals surface area contributed by atoms with Gasteiger partial charge in [0, 0.05) is 26.2 Å². The van der Waals surface area contributed by atoms with Gasteiger partial charge in [-0.2, -0.15) is 0 Å². The first kappa shape index (κ1) is 22.6. The molecule has 1 aliphatic carbocycles. The lowest BCUT2D eigenvalue weighted by Gasteiger charge is -2.32. The third-order valence-electron chi connectivity index (χ3n) is 5.74. The van der Waals surface area contributed by atoms with E-state index >= 15 is 0 Å². The Morgan fingerprint density at radius 1 is 1.19 bits per heavy atom. The first-order chi connectivity index (χ1) is 15.3. The van der Waals surface area contributed by atoms with Crippen molar-refractivity contribution in [1.82, 2.24) is 10.2 Å². The summed E-state index contributed by atoms with van der Waals surface area (Å²) in [6.45, 7) is 0.921. The van der Waals surface area contributed by atoms with E-state index in [1.54, 1.807) is 46.7 Å². The highest BCUT2D eigenvalue weighted by Gasteiger charge is 2.32. The monoisotopic (exact) mass is 477 g/mol. The number of rotatable bonds is 8. The summed E-state index contributed by atoms with van der Waals surface area (Å²) in [5.74, 6) is 0.205. The molecule has 2 amide bonds. The van der Waals surface area contributed by atoms with Gasteiger partial charge in [0.25, 0.3) is 15.9 Å². The molecule has 1 aromatic heterocycles. The third-order valence-corrected chi connectivity index (χ3v) is 8.90. The number of amides is 2. The van der Waals surface area contributed by atoms with Gasteiger partial charge in [-0.05, 0) is 61.4 Å². The molecule has 1 saturated carbocycles. The second kappa shape index (κ2) is 9.50. The standard InChI is InChI=1S/C22H27N3O5S2/c1-24(32(28,29)21-5-3-13-31-21)18-8-10-19(11-9-18)30-15-20(26)25-12-2-4-16(14-25)22(27)23-17-6-7-17/h3,5,8-11,13,16-17H,2,4,6-7,12,14-15H2,1H3,(H,23,27). The van der Waals surface area contributed by atoms with Crippen molar-refractivity contribution >= 4 is 38.9 Å². The summed E-state index contributed by atoms with van der Waals surface area (Å²) in [6, 6.07) is 10.2. The number of benzene rings is 1. The van der Waals surface area contributed by atoms with Crippen molar-refractivity contribution in [3.8, 4) is 5.75 Å². The van der Waals surface area contributed by atoms with E-state index in [0.717, 1.165) is 25.7 Å². The number of anilines is 1. The van der Waals surface area contributed by atoms with Crippen LogP contribution in [0, 0.1) is 5.92 Å². The molecule has 0 radical (unpaired) electrons. The lowest BCUT2D eigenvalue weighted by atomic mass is 9.97. The van der Waals surface area contributed by atoms with Crippen molar-refractivity contribution in [3.63, 3.8) is 0 Å². The number of nitrogens with one attached hydrogen (secondary N) is 1. The van der Waals surface area contributed by atoms with Gasteiger partial charge in [-0.1, -0.05) is 6.07 Å². The normalized spacial score (nSPS) is 18.8. The number of carbonyl (C=O) groups is 2. The predicted molar refractivity (Wildman–Crippen MR) is 122 cm³/mol. The summed E-state index contributed by atoms with van der Waals surface area (Å²) >= 11 is 1.17. The lowest BCUT2D eigenvalue weighted by Crippen LogP contribution is -2.47. The van der Waals surface area contributed by atoms with Crippen LogP contribution in [0.4, 0.5) is 5.69 Å². The molecule has 2 heterocycles. The highest BCUT2D eigenvalue weighted by atomic mass is 32.2. The van der Waals surface area contributed by atoms with Crippen molar-refractivity contribution in [2.45, 2.75) is 35.9 Å². The molecule has 1 N–H and O–H groups in total. The van der Waals surface area contributed by atoms with E-state index in [4.69, 9.17) is 4.74 Å². The van der Waals surface area contributed by atoms with E-state index in [0.29, 0.717) is 30.6 Å². The van der Waals surface area contributed by atoms with E-state index in [9.17, 15) is 18.0 Å². The van der Waals surface area contributed by atoms with Crippen LogP contribution in [0.5, 0.6) is 5.75 Å². The number of ether oxygens (including phenoxy) is 1. The number of thiophene rings is 1. The van der Waals surface area contributed by atoms with Crippen molar-refractivity contribution in [2.75, 3.05) is 31.0 Å². The van der Waals surface area contributed by atoms with Gasteiger partial charge in [0.1, 0.15) is 9.96 Å². The zero-order valence-corrected chi connectivity index (χ0v) is 19.5. The highest BCUT2D eigenvalue weighted by molar-refractivity contribution is 7.94. The van der Waals surface area contributed by atoms with Crippen LogP contribution >= 0.6 is 11.3 Å². The van der Waals surface area contributed by atoms with Crippen molar-refractivity contribution in [2.24, 2.45) is 5.92 Å². The Hall–Kier alpha value is -2.59. The quantitative estimate of drug-likeness (QED) is 0.630. The zero-order chi connectivity index (χ0) is 22.7. The molecule has 0 spiro atoms. The maximum atomic E-state index is 12.6. The summed E-state index contributed by atoms with van der Waals surface area (Å²) in [4.78, 5) is 26.6. The maximum absolute atomic E-state index is 12.6. The van der Waals surface area contributed by atoms with Gasteiger partial charge in [0.2, 0.25) is 5.91 Å². The molecule has 8 nitrogen and oxygen atoms in total. The fraction of sp³-hybridized carbons (Fsp3) is 0.455. The second-order valence-corrected chi connectivity index (χ2v) is 11.3. The molecule has 0 bridgehead atoms. The van der Waals surface area contributed by atoms with E-state index < -0.39 is 10.0 Å². The number of hydrogen-bond acceptors (Lipinski definition) is 6. The van der Waals surface area contributed by atoms with E-state index in [1.165, 1.54) is 22.7 Å². The first-order valence-electron chi connectivity index (χ1n) is 10.7. The van der Waals surface area contributed by atoms with E-state index in [1.807, 2.05) is 0 Å². The fourth-order valence-electron chi connectivity index (χ4n) is 3.64. The minimum atomic E-state index is -3.60. The van der Waals surface area contributed by atoms with Crippen molar-refractivity contribution < 1.29 is 22.7 Å². The van der Waals surface area contributed by atoms with Gasteiger partial charge in [-0.25, -0.2) is 8.42 Å². The molecule has 2 aromatic rings. The van der Waals surface area contributed by atoms with Gasteiger partial charge in [0.15, 0.2) is 6.61 Å². The minimum absolute atomic E-state index is 0.0446. The average Bonchev–Trinajstić information content (AvgIpc) is 3.44. The lowest BCUT2D eigenvalue weighted by molar-refractivity contribution is -0.137. The highest BCUT2D eigenvalue weighted by Crippen LogP contribution is 2.27. The van der Waals surface area contributed by atoms with Crippen LogP contribution in [0.15, 0.2) is 46.0 Å². The smallest absolute Gasteiger partial charge is 0.273 e. The van der Waals surface area contributed by atoms with Crippen LogP contribution in [-0.2, 0) is 19.6 Å². The summed E-state index contributed by atoms with van der Waals surface area (Å²) in [6.07, 6.45) is 3.69. The molecule has 32 heavy (non-hydrogen) atoms. The molecule has 2 aliphatic rings. The minimum Gasteiger partial charge on any atom is -0.484 e. The van der Waals surface area contributed by atoms with Crippen LogP contribution in [0.1, 0.15) is 25.7 Å². The van der Waals surface area contributed by atoms with Gasteiger partial charge < -0.3 is 15.0 Å². The van der Waals surface area contributed by atoms with Gasteiger partial charge in [0.05, 0.1) is 11.6 Å². The maximum Gasteiger partial charge on any atom is 0.273 e. The van der Waals surface area contributed by atoms with E-state index in [2.05, 4.69) is 5.32 Å². The molecule has 4 rings (SSSR count). The van der Waals surface area contributed by atoms with Crippen LogP contribution in [-0.4, -0.2) is 57.9 Å². The van der Waals surface area contributed by atoms with Crippen LogP contribution in [0.3, 0.4) is 0 Å². The summed E-state index contributed by atoms with van der Waals surface area (Å²) in [5.41, 5.74) is 0.498. The summed E-state index contributed by atoms with van der Waals surface area (Å²) in [5, 5.41) is 4.74. The van der Waals surface area contributed by atoms with Crippen molar-refractivity contribution in [1.29, 1.82) is 0 Å². The molecular formula is C22H27N3O5S2. The van der Waals surface area contributed by atoms with Crippen LogP contribution < -0.4 is 14.4 Å². The number of nitrogens with zero attached hydrogens (tertiary/aromatic N) is 2. The fourth-order valence-corrected chi connectivity index (χ4v) is 5.99. The van der Waals surface area contributed by atoms with Crippen molar-refractivity contribution in [3.05, 3.63) is 41.8 Å². The molecular weight excluding hydrogens is 450 g/mol. The largest absolute Gasteiger partial charge is 0.484 e. The first-order valence-corrected chi connectivity index (χ1v) is 13.0. The van der Waals surface area contributed by atoms with Crippen LogP contribution in [0.25, 0.3) is 0 Å². The summed E-state index contributed by atoms with van der Waals surface area (Å²) in [7, 11) is -2.10. The third kappa shape index (κ3) is 5.24. The van der Waals surface area contributed by atoms with Crippen LogP contribution in [0.2, 0.25) is 0 Å². The zero-order valence-electron chi connectivity index (χ0n) is 17.9.